The van der Waals surface area contributed by atoms with Crippen LogP contribution in [0.3, 0.4) is 0 Å². The monoisotopic (exact) mass is 293 g/mol. The van der Waals surface area contributed by atoms with Crippen LogP contribution >= 0.6 is 12.4 Å². The molecular formula is C16H20ClNO2. The van der Waals surface area contributed by atoms with Crippen LogP contribution in [0.25, 0.3) is 0 Å². The third-order valence-electron chi connectivity index (χ3n) is 3.12. The number of rotatable bonds is 5. The number of hydrogen-bond donors (Lipinski definition) is 2. The van der Waals surface area contributed by atoms with Crippen molar-refractivity contribution in [3.63, 3.8) is 0 Å². The summed E-state index contributed by atoms with van der Waals surface area (Å²) in [5.41, 5.74) is 6.46. The van der Waals surface area contributed by atoms with Crippen LogP contribution < -0.4 is 10.5 Å². The SMILES string of the molecule is CC(O)(CN)c1ccc(OCc2ccccc2)cc1.Cl. The lowest BCUT2D eigenvalue weighted by atomic mass is 9.96. The molecule has 0 radical (unpaired) electrons. The molecule has 108 valence electrons. The summed E-state index contributed by atoms with van der Waals surface area (Å²) in [7, 11) is 0. The van der Waals surface area contributed by atoms with Gasteiger partial charge in [0.05, 0.1) is 5.60 Å². The average Bonchev–Trinajstić information content (AvgIpc) is 2.47. The Morgan fingerprint density at radius 1 is 1.05 bits per heavy atom. The zero-order valence-electron chi connectivity index (χ0n) is 11.5. The molecule has 1 unspecified atom stereocenters. The fraction of sp³-hybridized carbons (Fsp3) is 0.250. The van der Waals surface area contributed by atoms with Crippen molar-refractivity contribution in [1.82, 2.24) is 0 Å². The molecule has 1 atom stereocenters. The van der Waals surface area contributed by atoms with Gasteiger partial charge in [-0.1, -0.05) is 42.5 Å². The van der Waals surface area contributed by atoms with Crippen molar-refractivity contribution in [2.75, 3.05) is 6.54 Å². The second-order valence-electron chi connectivity index (χ2n) is 4.78. The Balaban J connectivity index is 0.00000200. The highest BCUT2D eigenvalue weighted by molar-refractivity contribution is 5.85. The highest BCUT2D eigenvalue weighted by Crippen LogP contribution is 2.22. The van der Waals surface area contributed by atoms with Gasteiger partial charge in [-0.25, -0.2) is 0 Å². The van der Waals surface area contributed by atoms with E-state index in [-0.39, 0.29) is 19.0 Å². The van der Waals surface area contributed by atoms with Gasteiger partial charge < -0.3 is 15.6 Å². The predicted octanol–water partition coefficient (Wildman–Crippen LogP) is 2.85. The number of ether oxygens (including phenoxy) is 1. The first-order chi connectivity index (χ1) is 9.12. The molecule has 3 nitrogen and oxygen atoms in total. The second kappa shape index (κ2) is 7.29. The number of halogens is 1. The molecule has 0 bridgehead atoms. The molecule has 0 amide bonds. The average molecular weight is 294 g/mol. The van der Waals surface area contributed by atoms with Crippen LogP contribution in [0.2, 0.25) is 0 Å². The van der Waals surface area contributed by atoms with Crippen molar-refractivity contribution < 1.29 is 9.84 Å². The van der Waals surface area contributed by atoms with Gasteiger partial charge >= 0.3 is 0 Å². The number of aliphatic hydroxyl groups is 1. The minimum atomic E-state index is -0.988. The molecule has 0 saturated heterocycles. The van der Waals surface area contributed by atoms with Gasteiger partial charge in [-0.3, -0.25) is 0 Å². The highest BCUT2D eigenvalue weighted by atomic mass is 35.5. The standard InChI is InChI=1S/C16H19NO2.ClH/c1-16(18,12-17)14-7-9-15(10-8-14)19-11-13-5-3-2-4-6-13;/h2-10,18H,11-12,17H2,1H3;1H. The first-order valence-electron chi connectivity index (χ1n) is 6.31. The predicted molar refractivity (Wildman–Crippen MR) is 83.1 cm³/mol. The van der Waals surface area contributed by atoms with Gasteiger partial charge in [0, 0.05) is 6.54 Å². The van der Waals surface area contributed by atoms with Gasteiger partial charge in [0.2, 0.25) is 0 Å². The van der Waals surface area contributed by atoms with Gasteiger partial charge in [-0.15, -0.1) is 12.4 Å². The molecule has 2 aromatic rings. The largest absolute Gasteiger partial charge is 0.489 e. The fourth-order valence-electron chi connectivity index (χ4n) is 1.77. The van der Waals surface area contributed by atoms with Crippen LogP contribution in [0.5, 0.6) is 5.75 Å². The van der Waals surface area contributed by atoms with E-state index >= 15 is 0 Å². The lowest BCUT2D eigenvalue weighted by Crippen LogP contribution is -2.31. The van der Waals surface area contributed by atoms with Crippen LogP contribution in [0.15, 0.2) is 54.6 Å². The van der Waals surface area contributed by atoms with E-state index in [4.69, 9.17) is 10.5 Å². The Labute approximate surface area is 125 Å². The first-order valence-corrected chi connectivity index (χ1v) is 6.31. The lowest BCUT2D eigenvalue weighted by molar-refractivity contribution is 0.0668. The Morgan fingerprint density at radius 2 is 1.65 bits per heavy atom. The van der Waals surface area contributed by atoms with E-state index in [1.165, 1.54) is 0 Å². The smallest absolute Gasteiger partial charge is 0.119 e. The summed E-state index contributed by atoms with van der Waals surface area (Å²) in [6.45, 7) is 2.43. The zero-order chi connectivity index (χ0) is 13.7. The third kappa shape index (κ3) is 4.23. The first kappa shape index (κ1) is 16.5. The molecule has 0 aliphatic carbocycles. The molecule has 0 fully saturated rings. The van der Waals surface area contributed by atoms with Gasteiger partial charge in [-0.05, 0) is 30.2 Å². The van der Waals surface area contributed by atoms with Gasteiger partial charge in [-0.2, -0.15) is 0 Å². The minimum absolute atomic E-state index is 0. The molecule has 0 saturated carbocycles. The van der Waals surface area contributed by atoms with Crippen molar-refractivity contribution >= 4 is 12.4 Å². The number of benzene rings is 2. The van der Waals surface area contributed by atoms with Crippen LogP contribution in [-0.4, -0.2) is 11.7 Å². The van der Waals surface area contributed by atoms with E-state index in [9.17, 15) is 5.11 Å². The summed E-state index contributed by atoms with van der Waals surface area (Å²) >= 11 is 0. The molecule has 20 heavy (non-hydrogen) atoms. The summed E-state index contributed by atoms with van der Waals surface area (Å²) in [6.07, 6.45) is 0. The van der Waals surface area contributed by atoms with E-state index in [0.29, 0.717) is 6.61 Å². The van der Waals surface area contributed by atoms with Crippen molar-refractivity contribution in [3.05, 3.63) is 65.7 Å². The molecule has 3 N–H and O–H groups in total. The maximum Gasteiger partial charge on any atom is 0.119 e. The molecule has 0 heterocycles. The van der Waals surface area contributed by atoms with Gasteiger partial charge in [0.25, 0.3) is 0 Å². The molecular weight excluding hydrogens is 274 g/mol. The molecule has 0 aliphatic heterocycles. The fourth-order valence-corrected chi connectivity index (χ4v) is 1.77. The van der Waals surface area contributed by atoms with E-state index < -0.39 is 5.60 Å². The maximum absolute atomic E-state index is 10.0. The zero-order valence-corrected chi connectivity index (χ0v) is 12.3. The number of hydrogen-bond acceptors (Lipinski definition) is 3. The molecule has 0 spiro atoms. The molecule has 4 heteroatoms. The summed E-state index contributed by atoms with van der Waals surface area (Å²) in [4.78, 5) is 0. The van der Waals surface area contributed by atoms with Crippen molar-refractivity contribution in [3.8, 4) is 5.75 Å². The summed E-state index contributed by atoms with van der Waals surface area (Å²) in [6, 6.07) is 17.4. The quantitative estimate of drug-likeness (QED) is 0.891. The van der Waals surface area contributed by atoms with Gasteiger partial charge in [0.15, 0.2) is 0 Å². The molecule has 0 aromatic heterocycles. The van der Waals surface area contributed by atoms with Crippen LogP contribution in [0, 0.1) is 0 Å². The Morgan fingerprint density at radius 3 is 2.20 bits per heavy atom. The Kier molecular flexibility index (Phi) is 6.02. The normalized spacial score (nSPS) is 13.2. The van der Waals surface area contributed by atoms with Crippen LogP contribution in [-0.2, 0) is 12.2 Å². The van der Waals surface area contributed by atoms with E-state index in [2.05, 4.69) is 0 Å². The summed E-state index contributed by atoms with van der Waals surface area (Å²) in [5, 5.41) is 10.0. The number of nitrogens with two attached hydrogens (primary N) is 1. The lowest BCUT2D eigenvalue weighted by Gasteiger charge is -2.21. The van der Waals surface area contributed by atoms with E-state index in [1.807, 2.05) is 54.6 Å². The maximum atomic E-state index is 10.0. The van der Waals surface area contributed by atoms with E-state index in [1.54, 1.807) is 6.92 Å². The van der Waals surface area contributed by atoms with Gasteiger partial charge in [0.1, 0.15) is 12.4 Å². The van der Waals surface area contributed by atoms with Crippen molar-refractivity contribution in [2.45, 2.75) is 19.1 Å². The minimum Gasteiger partial charge on any atom is -0.489 e. The Hall–Kier alpha value is -1.55. The van der Waals surface area contributed by atoms with Crippen molar-refractivity contribution in [1.29, 1.82) is 0 Å². The summed E-state index contributed by atoms with van der Waals surface area (Å²) < 4.78 is 5.68. The molecule has 0 aliphatic rings. The van der Waals surface area contributed by atoms with Crippen molar-refractivity contribution in [2.24, 2.45) is 5.73 Å². The van der Waals surface area contributed by atoms with Crippen LogP contribution in [0.1, 0.15) is 18.1 Å². The topological polar surface area (TPSA) is 55.5 Å². The van der Waals surface area contributed by atoms with E-state index in [0.717, 1.165) is 16.9 Å². The highest BCUT2D eigenvalue weighted by Gasteiger charge is 2.20. The van der Waals surface area contributed by atoms with Crippen LogP contribution in [0.4, 0.5) is 0 Å². The Bertz CT molecular complexity index is 512. The second-order valence-corrected chi connectivity index (χ2v) is 4.78. The molecule has 2 rings (SSSR count). The third-order valence-corrected chi connectivity index (χ3v) is 3.12. The summed E-state index contributed by atoms with van der Waals surface area (Å²) in [5.74, 6) is 0.778. The molecule has 2 aromatic carbocycles.